The van der Waals surface area contributed by atoms with E-state index in [0.29, 0.717) is 0 Å². The summed E-state index contributed by atoms with van der Waals surface area (Å²) in [7, 11) is 8.46. The molecule has 0 aliphatic carbocycles. The first-order valence-electron chi connectivity index (χ1n) is 12.1. The lowest BCUT2D eigenvalue weighted by Crippen LogP contribution is -2.00. The summed E-state index contributed by atoms with van der Waals surface area (Å²) in [5, 5.41) is 0. The van der Waals surface area contributed by atoms with Gasteiger partial charge in [0.2, 0.25) is 0 Å². The van der Waals surface area contributed by atoms with Crippen LogP contribution in [0.25, 0.3) is 33.4 Å². The molecule has 0 aliphatic rings. The topological polar surface area (TPSA) is 46.2 Å². The highest BCUT2D eigenvalue weighted by molar-refractivity contribution is 5.97. The second kappa shape index (κ2) is 10.9. The summed E-state index contributed by atoms with van der Waals surface area (Å²) in [5.41, 5.74) is 8.96. The molecule has 5 nitrogen and oxygen atoms in total. The molecule has 0 saturated carbocycles. The van der Waals surface area contributed by atoms with Gasteiger partial charge < -0.3 is 23.7 Å². The fourth-order valence-corrected chi connectivity index (χ4v) is 4.90. The first-order valence-corrected chi connectivity index (χ1v) is 12.1. The molecule has 0 fully saturated rings. The predicted octanol–water partition coefficient (Wildman–Crippen LogP) is 7.66. The Morgan fingerprint density at radius 2 is 0.811 bits per heavy atom. The van der Waals surface area contributed by atoms with E-state index in [2.05, 4.69) is 36.4 Å². The van der Waals surface area contributed by atoms with Gasteiger partial charge in [0.15, 0.2) is 0 Å². The molecule has 192 valence electrons. The summed E-state index contributed by atoms with van der Waals surface area (Å²) in [6.45, 7) is 6.12. The molecule has 4 rings (SSSR count). The quantitative estimate of drug-likeness (QED) is 0.250. The molecule has 0 spiro atoms. The van der Waals surface area contributed by atoms with Crippen molar-refractivity contribution < 1.29 is 23.7 Å². The first kappa shape index (κ1) is 26.0. The van der Waals surface area contributed by atoms with Crippen molar-refractivity contribution in [2.24, 2.45) is 0 Å². The van der Waals surface area contributed by atoms with Gasteiger partial charge in [0, 0.05) is 16.7 Å². The summed E-state index contributed by atoms with van der Waals surface area (Å²) >= 11 is 0. The Morgan fingerprint density at radius 3 is 1.22 bits per heavy atom. The van der Waals surface area contributed by atoms with Gasteiger partial charge >= 0.3 is 0 Å². The molecule has 0 aliphatic heterocycles. The molecule has 0 heterocycles. The molecule has 0 saturated heterocycles. The Balaban J connectivity index is 2.11. The van der Waals surface area contributed by atoms with E-state index in [4.69, 9.17) is 23.7 Å². The average Bonchev–Trinajstić information content (AvgIpc) is 2.91. The molecule has 5 heteroatoms. The Morgan fingerprint density at radius 1 is 0.405 bits per heavy atom. The van der Waals surface area contributed by atoms with E-state index in [1.807, 2.05) is 45.0 Å². The first-order chi connectivity index (χ1) is 17.9. The molecule has 0 radical (unpaired) electrons. The number of hydrogen-bond acceptors (Lipinski definition) is 5. The third-order valence-corrected chi connectivity index (χ3v) is 6.74. The summed E-state index contributed by atoms with van der Waals surface area (Å²) < 4.78 is 28.8. The van der Waals surface area contributed by atoms with Crippen molar-refractivity contribution in [1.82, 2.24) is 0 Å². The molecule has 37 heavy (non-hydrogen) atoms. The molecule has 4 aromatic rings. The average molecular weight is 499 g/mol. The van der Waals surface area contributed by atoms with Crippen LogP contribution in [0.4, 0.5) is 0 Å². The van der Waals surface area contributed by atoms with E-state index in [9.17, 15) is 0 Å². The predicted molar refractivity (Wildman–Crippen MR) is 150 cm³/mol. The van der Waals surface area contributed by atoms with Crippen LogP contribution < -0.4 is 23.7 Å². The van der Waals surface area contributed by atoms with Crippen LogP contribution in [0.2, 0.25) is 0 Å². The molecule has 4 aromatic carbocycles. The van der Waals surface area contributed by atoms with E-state index in [0.717, 1.165) is 78.8 Å². The number of hydrogen-bond donors (Lipinski definition) is 0. The van der Waals surface area contributed by atoms with E-state index in [1.54, 1.807) is 35.5 Å². The van der Waals surface area contributed by atoms with Crippen molar-refractivity contribution in [2.75, 3.05) is 35.5 Å². The van der Waals surface area contributed by atoms with Gasteiger partial charge in [-0.05, 0) is 96.6 Å². The fraction of sp³-hybridized carbons (Fsp3) is 0.250. The third-order valence-electron chi connectivity index (χ3n) is 6.74. The summed E-state index contributed by atoms with van der Waals surface area (Å²) in [5.74, 6) is 4.02. The van der Waals surface area contributed by atoms with Gasteiger partial charge in [0.05, 0.1) is 35.5 Å². The highest BCUT2D eigenvalue weighted by Gasteiger charge is 2.24. The minimum Gasteiger partial charge on any atom is -0.496 e. The molecule has 0 unspecified atom stereocenters. The summed E-state index contributed by atoms with van der Waals surface area (Å²) in [6, 6.07) is 20.5. The van der Waals surface area contributed by atoms with Crippen LogP contribution >= 0.6 is 0 Å². The van der Waals surface area contributed by atoms with Crippen molar-refractivity contribution in [3.63, 3.8) is 0 Å². The van der Waals surface area contributed by atoms with Crippen LogP contribution in [0.3, 0.4) is 0 Å². The van der Waals surface area contributed by atoms with Gasteiger partial charge in [-0.1, -0.05) is 18.2 Å². The van der Waals surface area contributed by atoms with Crippen LogP contribution in [0.5, 0.6) is 28.7 Å². The molecule has 0 atom stereocenters. The lowest BCUT2D eigenvalue weighted by Gasteiger charge is -2.23. The third kappa shape index (κ3) is 4.82. The minimum atomic E-state index is 0.748. The lowest BCUT2D eigenvalue weighted by atomic mass is 9.87. The van der Waals surface area contributed by atoms with Gasteiger partial charge in [-0.15, -0.1) is 0 Å². The van der Waals surface area contributed by atoms with Gasteiger partial charge in [-0.25, -0.2) is 0 Å². The van der Waals surface area contributed by atoms with Crippen molar-refractivity contribution in [3.05, 3.63) is 77.4 Å². The highest BCUT2D eigenvalue weighted by Crippen LogP contribution is 2.51. The molecule has 0 amide bonds. The summed E-state index contributed by atoms with van der Waals surface area (Å²) in [4.78, 5) is 0. The SMILES string of the molecule is COc1ccc(-c2cc(OC)c(-c3ccc(OC)c(C)c3)c(-c3ccc(OC)c(C)c3)c2OC)cc1C. The maximum Gasteiger partial charge on any atom is 0.135 e. The molecular weight excluding hydrogens is 464 g/mol. The Labute approximate surface area is 219 Å². The normalized spacial score (nSPS) is 10.7. The zero-order valence-corrected chi connectivity index (χ0v) is 22.8. The second-order valence-electron chi connectivity index (χ2n) is 8.96. The lowest BCUT2D eigenvalue weighted by molar-refractivity contribution is 0.406. The molecule has 0 N–H and O–H groups in total. The maximum atomic E-state index is 6.17. The Kier molecular flexibility index (Phi) is 7.63. The zero-order chi connectivity index (χ0) is 26.7. The number of ether oxygens (including phenoxy) is 5. The fourth-order valence-electron chi connectivity index (χ4n) is 4.90. The number of aryl methyl sites for hydroxylation is 3. The van der Waals surface area contributed by atoms with E-state index < -0.39 is 0 Å². The standard InChI is InChI=1S/C32H34O5/c1-19-15-22(9-12-26(19)33-4)25-18-29(36-7)30(23-10-13-27(34-5)20(2)16-23)31(32(25)37-8)24-11-14-28(35-6)21(3)17-24/h9-18H,1-8H3. The van der Waals surface area contributed by atoms with Gasteiger partial charge in [-0.2, -0.15) is 0 Å². The van der Waals surface area contributed by atoms with Gasteiger partial charge in [0.1, 0.15) is 28.7 Å². The van der Waals surface area contributed by atoms with Crippen LogP contribution in [-0.2, 0) is 0 Å². The monoisotopic (exact) mass is 498 g/mol. The number of benzene rings is 4. The number of methoxy groups -OCH3 is 5. The maximum absolute atomic E-state index is 6.17. The second-order valence-corrected chi connectivity index (χ2v) is 8.96. The van der Waals surface area contributed by atoms with Crippen LogP contribution in [0.15, 0.2) is 60.7 Å². The van der Waals surface area contributed by atoms with E-state index >= 15 is 0 Å². The Bertz CT molecular complexity index is 1440. The largest absolute Gasteiger partial charge is 0.496 e. The van der Waals surface area contributed by atoms with Crippen LogP contribution in [0.1, 0.15) is 16.7 Å². The smallest absolute Gasteiger partial charge is 0.135 e. The molecule has 0 bridgehead atoms. The van der Waals surface area contributed by atoms with Crippen molar-refractivity contribution in [3.8, 4) is 62.1 Å². The van der Waals surface area contributed by atoms with E-state index in [-0.39, 0.29) is 0 Å². The van der Waals surface area contributed by atoms with Crippen LogP contribution in [-0.4, -0.2) is 35.5 Å². The molecular formula is C32H34O5. The highest BCUT2D eigenvalue weighted by atomic mass is 16.5. The van der Waals surface area contributed by atoms with Crippen molar-refractivity contribution >= 4 is 0 Å². The number of rotatable bonds is 8. The van der Waals surface area contributed by atoms with Crippen molar-refractivity contribution in [1.29, 1.82) is 0 Å². The molecule has 0 aromatic heterocycles. The van der Waals surface area contributed by atoms with Crippen molar-refractivity contribution in [2.45, 2.75) is 20.8 Å². The van der Waals surface area contributed by atoms with E-state index in [1.165, 1.54) is 0 Å². The Hall–Kier alpha value is -4.12. The van der Waals surface area contributed by atoms with Gasteiger partial charge in [-0.3, -0.25) is 0 Å². The van der Waals surface area contributed by atoms with Gasteiger partial charge in [0.25, 0.3) is 0 Å². The minimum absolute atomic E-state index is 0.748. The van der Waals surface area contributed by atoms with Crippen LogP contribution in [0, 0.1) is 20.8 Å². The zero-order valence-electron chi connectivity index (χ0n) is 22.8. The summed E-state index contributed by atoms with van der Waals surface area (Å²) in [6.07, 6.45) is 0.